The van der Waals surface area contributed by atoms with Gasteiger partial charge in [0.05, 0.1) is 6.10 Å². The van der Waals surface area contributed by atoms with Gasteiger partial charge < -0.3 is 14.9 Å². The van der Waals surface area contributed by atoms with Crippen molar-refractivity contribution in [2.24, 2.45) is 5.92 Å². The van der Waals surface area contributed by atoms with E-state index in [9.17, 15) is 5.11 Å². The van der Waals surface area contributed by atoms with Crippen LogP contribution in [-0.2, 0) is 0 Å². The first-order valence-corrected chi connectivity index (χ1v) is 7.32. The van der Waals surface area contributed by atoms with E-state index in [2.05, 4.69) is 24.8 Å². The second-order valence-corrected chi connectivity index (χ2v) is 5.65. The van der Waals surface area contributed by atoms with E-state index in [1.165, 1.54) is 11.1 Å². The molecule has 1 aromatic rings. The molecule has 0 aromatic heterocycles. The Morgan fingerprint density at radius 2 is 2.15 bits per heavy atom. The topological polar surface area (TPSA) is 52.9 Å². The largest absolute Gasteiger partial charge is 0.492 e. The van der Waals surface area contributed by atoms with Gasteiger partial charge in [0, 0.05) is 25.6 Å². The van der Waals surface area contributed by atoms with Gasteiger partial charge in [-0.15, -0.1) is 0 Å². The lowest BCUT2D eigenvalue weighted by atomic mass is 9.95. The number of rotatable bonds is 5. The van der Waals surface area contributed by atoms with Crippen LogP contribution in [0.4, 0.5) is 0 Å². The maximum absolute atomic E-state index is 9.89. The summed E-state index contributed by atoms with van der Waals surface area (Å²) >= 11 is 0. The zero-order valence-electron chi connectivity index (χ0n) is 12.4. The zero-order chi connectivity index (χ0) is 14.5. The molecule has 0 bridgehead atoms. The van der Waals surface area contributed by atoms with Crippen molar-refractivity contribution in [3.05, 3.63) is 29.3 Å². The Balaban J connectivity index is 1.78. The van der Waals surface area contributed by atoms with Crippen LogP contribution >= 0.6 is 0 Å². The Morgan fingerprint density at radius 1 is 1.35 bits per heavy atom. The Morgan fingerprint density at radius 3 is 2.85 bits per heavy atom. The second-order valence-electron chi connectivity index (χ2n) is 5.65. The van der Waals surface area contributed by atoms with E-state index < -0.39 is 6.10 Å². The lowest BCUT2D eigenvalue weighted by Crippen LogP contribution is -2.46. The molecule has 0 amide bonds. The molecule has 1 aliphatic rings. The summed E-state index contributed by atoms with van der Waals surface area (Å²) in [5.74, 6) is 0.974. The van der Waals surface area contributed by atoms with E-state index in [1.807, 2.05) is 12.1 Å². The molecule has 0 radical (unpaired) electrons. The number of likely N-dealkylation sites (tertiary alicyclic amines) is 1. The van der Waals surface area contributed by atoms with Crippen LogP contribution in [0.1, 0.15) is 17.5 Å². The molecule has 1 saturated heterocycles. The summed E-state index contributed by atoms with van der Waals surface area (Å²) in [6, 6.07) is 6.08. The highest BCUT2D eigenvalue weighted by molar-refractivity contribution is 5.38. The van der Waals surface area contributed by atoms with E-state index in [1.54, 1.807) is 0 Å². The number of aliphatic hydroxyl groups excluding tert-OH is 2. The molecule has 1 heterocycles. The Bertz CT molecular complexity index is 436. The fourth-order valence-corrected chi connectivity index (χ4v) is 2.63. The van der Waals surface area contributed by atoms with Crippen molar-refractivity contribution in [3.63, 3.8) is 0 Å². The van der Waals surface area contributed by atoms with Crippen molar-refractivity contribution in [1.29, 1.82) is 0 Å². The average molecular weight is 279 g/mol. The van der Waals surface area contributed by atoms with Crippen LogP contribution in [0.5, 0.6) is 5.75 Å². The Hall–Kier alpha value is -1.10. The van der Waals surface area contributed by atoms with Gasteiger partial charge in [-0.2, -0.15) is 0 Å². The maximum atomic E-state index is 9.89. The van der Waals surface area contributed by atoms with Crippen LogP contribution in [0.25, 0.3) is 0 Å². The lowest BCUT2D eigenvalue weighted by molar-refractivity contribution is -0.00495. The molecule has 1 aliphatic heterocycles. The molecule has 1 aromatic carbocycles. The summed E-state index contributed by atoms with van der Waals surface area (Å²) < 4.78 is 5.84. The van der Waals surface area contributed by atoms with Crippen molar-refractivity contribution in [2.45, 2.75) is 26.4 Å². The van der Waals surface area contributed by atoms with Crippen molar-refractivity contribution in [3.8, 4) is 5.75 Å². The van der Waals surface area contributed by atoms with E-state index in [0.717, 1.165) is 25.3 Å². The summed E-state index contributed by atoms with van der Waals surface area (Å²) in [4.78, 5) is 2.20. The molecule has 0 spiro atoms. The molecule has 4 heteroatoms. The number of aliphatic hydroxyl groups is 2. The van der Waals surface area contributed by atoms with Crippen LogP contribution in [-0.4, -0.2) is 54.1 Å². The molecule has 1 fully saturated rings. The third kappa shape index (κ3) is 3.72. The normalized spacial score (nSPS) is 23.8. The molecular weight excluding hydrogens is 254 g/mol. The van der Waals surface area contributed by atoms with Crippen LogP contribution in [0.2, 0.25) is 0 Å². The number of nitrogens with zero attached hydrogens (tertiary/aromatic N) is 1. The van der Waals surface area contributed by atoms with Crippen molar-refractivity contribution < 1.29 is 14.9 Å². The number of hydrogen-bond acceptors (Lipinski definition) is 4. The standard InChI is InChI=1S/C16H25NO3/c1-12-4-3-5-16(13(12)2)20-9-8-17-7-6-14(11-18)15(19)10-17/h3-5,14-15,18-19H,6-11H2,1-2H3/t14-,15-/m1/s1. The van der Waals surface area contributed by atoms with Gasteiger partial charge in [0.25, 0.3) is 0 Å². The van der Waals surface area contributed by atoms with E-state index in [-0.39, 0.29) is 12.5 Å². The van der Waals surface area contributed by atoms with Gasteiger partial charge in [0.2, 0.25) is 0 Å². The molecule has 112 valence electrons. The van der Waals surface area contributed by atoms with Gasteiger partial charge in [-0.25, -0.2) is 0 Å². The average Bonchev–Trinajstić information content (AvgIpc) is 2.44. The first kappa shape index (κ1) is 15.3. The van der Waals surface area contributed by atoms with Crippen LogP contribution in [0.15, 0.2) is 18.2 Å². The number of β-amino-alcohol motifs (C(OH)–C–C–N with tert-alkyl or cyclic N) is 1. The van der Waals surface area contributed by atoms with Crippen molar-refractivity contribution >= 4 is 0 Å². The van der Waals surface area contributed by atoms with E-state index in [4.69, 9.17) is 9.84 Å². The molecule has 0 saturated carbocycles. The minimum absolute atomic E-state index is 0.0335. The number of hydrogen-bond donors (Lipinski definition) is 2. The molecule has 2 atom stereocenters. The van der Waals surface area contributed by atoms with Gasteiger partial charge in [0.15, 0.2) is 0 Å². The molecule has 2 N–H and O–H groups in total. The van der Waals surface area contributed by atoms with Gasteiger partial charge in [-0.3, -0.25) is 4.90 Å². The zero-order valence-corrected chi connectivity index (χ0v) is 12.4. The molecule has 0 aliphatic carbocycles. The number of aryl methyl sites for hydroxylation is 1. The highest BCUT2D eigenvalue weighted by Crippen LogP contribution is 2.21. The minimum atomic E-state index is -0.422. The molecule has 0 unspecified atom stereocenters. The van der Waals surface area contributed by atoms with Crippen LogP contribution in [0.3, 0.4) is 0 Å². The smallest absolute Gasteiger partial charge is 0.122 e. The molecular formula is C16H25NO3. The monoisotopic (exact) mass is 279 g/mol. The van der Waals surface area contributed by atoms with Crippen LogP contribution in [0, 0.1) is 19.8 Å². The highest BCUT2D eigenvalue weighted by atomic mass is 16.5. The summed E-state index contributed by atoms with van der Waals surface area (Å²) in [5.41, 5.74) is 2.42. The van der Waals surface area contributed by atoms with Crippen molar-refractivity contribution in [2.75, 3.05) is 32.8 Å². The third-order valence-corrected chi connectivity index (χ3v) is 4.26. The van der Waals surface area contributed by atoms with E-state index >= 15 is 0 Å². The molecule has 4 nitrogen and oxygen atoms in total. The first-order valence-electron chi connectivity index (χ1n) is 7.32. The van der Waals surface area contributed by atoms with Crippen molar-refractivity contribution in [1.82, 2.24) is 4.90 Å². The summed E-state index contributed by atoms with van der Waals surface area (Å²) in [6.45, 7) is 7.20. The second kappa shape index (κ2) is 7.07. The number of benzene rings is 1. The van der Waals surface area contributed by atoms with E-state index in [0.29, 0.717) is 13.2 Å². The van der Waals surface area contributed by atoms with Crippen LogP contribution < -0.4 is 4.74 Å². The van der Waals surface area contributed by atoms with Gasteiger partial charge in [-0.05, 0) is 44.0 Å². The fraction of sp³-hybridized carbons (Fsp3) is 0.625. The quantitative estimate of drug-likeness (QED) is 0.854. The minimum Gasteiger partial charge on any atom is -0.492 e. The first-order chi connectivity index (χ1) is 9.61. The van der Waals surface area contributed by atoms with Gasteiger partial charge >= 0.3 is 0 Å². The molecule has 20 heavy (non-hydrogen) atoms. The third-order valence-electron chi connectivity index (χ3n) is 4.26. The highest BCUT2D eigenvalue weighted by Gasteiger charge is 2.26. The summed E-state index contributed by atoms with van der Waals surface area (Å²) in [7, 11) is 0. The SMILES string of the molecule is Cc1cccc(OCCN2CC[C@H](CO)[C@H](O)C2)c1C. The summed E-state index contributed by atoms with van der Waals surface area (Å²) in [5, 5.41) is 19.0. The fourth-order valence-electron chi connectivity index (χ4n) is 2.63. The predicted molar refractivity (Wildman–Crippen MR) is 79.1 cm³/mol. The van der Waals surface area contributed by atoms with Gasteiger partial charge in [-0.1, -0.05) is 12.1 Å². The Labute approximate surface area is 121 Å². The number of ether oxygens (including phenoxy) is 1. The maximum Gasteiger partial charge on any atom is 0.122 e. The van der Waals surface area contributed by atoms with Gasteiger partial charge in [0.1, 0.15) is 12.4 Å². The lowest BCUT2D eigenvalue weighted by Gasteiger charge is -2.34. The predicted octanol–water partition coefficient (Wildman–Crippen LogP) is 1.36. The molecule has 2 rings (SSSR count). The Kier molecular flexibility index (Phi) is 5.40. The summed E-state index contributed by atoms with van der Waals surface area (Å²) in [6.07, 6.45) is 0.427. The number of piperidine rings is 1.